The third-order valence-corrected chi connectivity index (χ3v) is 2.81. The van der Waals surface area contributed by atoms with Crippen LogP contribution in [0.15, 0.2) is 29.2 Å². The molecule has 16 heavy (non-hydrogen) atoms. The Morgan fingerprint density at radius 1 is 1.50 bits per heavy atom. The van der Waals surface area contributed by atoms with Crippen LogP contribution in [0.5, 0.6) is 5.75 Å². The summed E-state index contributed by atoms with van der Waals surface area (Å²) < 4.78 is 5.24. The standard InChI is InChI=1S/C10H12N4OS/c1-15-8-3-2-4-12-10(8)9(14-11)7-5-16-6-13-7/h2-6,9,14H,11H2,1H3. The number of methoxy groups -OCH3 is 1. The maximum absolute atomic E-state index is 5.54. The minimum atomic E-state index is -0.248. The van der Waals surface area contributed by atoms with Crippen molar-refractivity contribution in [3.05, 3.63) is 40.6 Å². The molecule has 0 bridgehead atoms. The van der Waals surface area contributed by atoms with Gasteiger partial charge in [0.25, 0.3) is 0 Å². The van der Waals surface area contributed by atoms with Crippen LogP contribution in [0.1, 0.15) is 17.4 Å². The van der Waals surface area contributed by atoms with Crippen molar-refractivity contribution in [1.82, 2.24) is 15.4 Å². The molecular weight excluding hydrogens is 224 g/mol. The molecule has 5 nitrogen and oxygen atoms in total. The third kappa shape index (κ3) is 2.04. The molecule has 3 N–H and O–H groups in total. The van der Waals surface area contributed by atoms with Crippen molar-refractivity contribution in [2.24, 2.45) is 5.84 Å². The molecule has 2 heterocycles. The van der Waals surface area contributed by atoms with E-state index in [9.17, 15) is 0 Å². The topological polar surface area (TPSA) is 73.1 Å². The van der Waals surface area contributed by atoms with Gasteiger partial charge in [0.15, 0.2) is 0 Å². The second kappa shape index (κ2) is 5.02. The van der Waals surface area contributed by atoms with Gasteiger partial charge in [-0.3, -0.25) is 10.8 Å². The van der Waals surface area contributed by atoms with Gasteiger partial charge in [0.2, 0.25) is 0 Å². The maximum Gasteiger partial charge on any atom is 0.142 e. The van der Waals surface area contributed by atoms with Gasteiger partial charge in [-0.1, -0.05) is 0 Å². The number of thiazole rings is 1. The van der Waals surface area contributed by atoms with Gasteiger partial charge in [0, 0.05) is 11.6 Å². The van der Waals surface area contributed by atoms with Crippen LogP contribution in [0.2, 0.25) is 0 Å². The monoisotopic (exact) mass is 236 g/mol. The van der Waals surface area contributed by atoms with Crippen molar-refractivity contribution in [2.75, 3.05) is 7.11 Å². The fourth-order valence-corrected chi connectivity index (χ4v) is 2.04. The lowest BCUT2D eigenvalue weighted by molar-refractivity contribution is 0.400. The number of nitrogens with zero attached hydrogens (tertiary/aromatic N) is 2. The number of rotatable bonds is 4. The summed E-state index contributed by atoms with van der Waals surface area (Å²) >= 11 is 1.52. The summed E-state index contributed by atoms with van der Waals surface area (Å²) in [7, 11) is 1.61. The first-order valence-electron chi connectivity index (χ1n) is 4.70. The number of hydrogen-bond acceptors (Lipinski definition) is 6. The van der Waals surface area contributed by atoms with E-state index in [4.69, 9.17) is 10.6 Å². The van der Waals surface area contributed by atoms with Gasteiger partial charge in [-0.15, -0.1) is 11.3 Å². The van der Waals surface area contributed by atoms with Gasteiger partial charge in [0.05, 0.1) is 18.3 Å². The summed E-state index contributed by atoms with van der Waals surface area (Å²) in [5.74, 6) is 6.23. The number of aromatic nitrogens is 2. The zero-order chi connectivity index (χ0) is 11.4. The number of pyridine rings is 1. The van der Waals surface area contributed by atoms with Crippen LogP contribution < -0.4 is 16.0 Å². The molecule has 84 valence electrons. The summed E-state index contributed by atoms with van der Waals surface area (Å²) in [5.41, 5.74) is 6.03. The Bertz CT molecular complexity index is 446. The van der Waals surface area contributed by atoms with Crippen LogP contribution in [-0.4, -0.2) is 17.1 Å². The molecule has 2 aromatic heterocycles. The van der Waals surface area contributed by atoms with Gasteiger partial charge >= 0.3 is 0 Å². The maximum atomic E-state index is 5.54. The van der Waals surface area contributed by atoms with Gasteiger partial charge in [-0.25, -0.2) is 10.4 Å². The number of hydrogen-bond donors (Lipinski definition) is 2. The number of nitrogens with two attached hydrogens (primary N) is 1. The molecule has 1 unspecified atom stereocenters. The molecule has 0 saturated carbocycles. The van der Waals surface area contributed by atoms with E-state index >= 15 is 0 Å². The quantitative estimate of drug-likeness (QED) is 0.614. The van der Waals surface area contributed by atoms with E-state index in [-0.39, 0.29) is 6.04 Å². The van der Waals surface area contributed by atoms with Crippen molar-refractivity contribution >= 4 is 11.3 Å². The van der Waals surface area contributed by atoms with E-state index in [1.165, 1.54) is 11.3 Å². The van der Waals surface area contributed by atoms with E-state index in [2.05, 4.69) is 15.4 Å². The molecule has 0 aromatic carbocycles. The predicted molar refractivity (Wildman–Crippen MR) is 62.1 cm³/mol. The van der Waals surface area contributed by atoms with Crippen molar-refractivity contribution < 1.29 is 4.74 Å². The summed E-state index contributed by atoms with van der Waals surface area (Å²) in [6.07, 6.45) is 1.70. The van der Waals surface area contributed by atoms with E-state index in [0.29, 0.717) is 5.75 Å². The molecule has 2 rings (SSSR count). The highest BCUT2D eigenvalue weighted by Crippen LogP contribution is 2.26. The molecule has 0 radical (unpaired) electrons. The van der Waals surface area contributed by atoms with Gasteiger partial charge in [0.1, 0.15) is 17.5 Å². The molecule has 0 saturated heterocycles. The molecule has 0 spiro atoms. The average Bonchev–Trinajstić information content (AvgIpc) is 2.84. The predicted octanol–water partition coefficient (Wildman–Crippen LogP) is 1.10. The lowest BCUT2D eigenvalue weighted by atomic mass is 10.1. The number of nitrogens with one attached hydrogen (secondary N) is 1. The minimum Gasteiger partial charge on any atom is -0.495 e. The first-order valence-corrected chi connectivity index (χ1v) is 5.64. The summed E-state index contributed by atoms with van der Waals surface area (Å²) in [5, 5.41) is 1.93. The fourth-order valence-electron chi connectivity index (χ4n) is 1.46. The normalized spacial score (nSPS) is 12.4. The first kappa shape index (κ1) is 11.0. The van der Waals surface area contributed by atoms with Gasteiger partial charge in [-0.05, 0) is 12.1 Å². The molecular formula is C10H12N4OS. The first-order chi connectivity index (χ1) is 7.86. The lowest BCUT2D eigenvalue weighted by Gasteiger charge is -2.15. The summed E-state index contributed by atoms with van der Waals surface area (Å²) in [4.78, 5) is 8.49. The molecule has 0 aliphatic rings. The largest absolute Gasteiger partial charge is 0.495 e. The zero-order valence-corrected chi connectivity index (χ0v) is 9.57. The second-order valence-electron chi connectivity index (χ2n) is 3.10. The van der Waals surface area contributed by atoms with Crippen LogP contribution in [0.25, 0.3) is 0 Å². The Labute approximate surface area is 97.3 Å². The van der Waals surface area contributed by atoms with E-state index < -0.39 is 0 Å². The smallest absolute Gasteiger partial charge is 0.142 e. The Morgan fingerprint density at radius 2 is 2.38 bits per heavy atom. The van der Waals surface area contributed by atoms with E-state index in [0.717, 1.165) is 11.4 Å². The molecule has 1 atom stereocenters. The Balaban J connectivity index is 2.41. The Kier molecular flexibility index (Phi) is 3.45. The summed E-state index contributed by atoms with van der Waals surface area (Å²) in [6, 6.07) is 3.41. The van der Waals surface area contributed by atoms with Gasteiger partial charge < -0.3 is 4.74 Å². The van der Waals surface area contributed by atoms with Gasteiger partial charge in [-0.2, -0.15) is 0 Å². The van der Waals surface area contributed by atoms with Crippen molar-refractivity contribution in [2.45, 2.75) is 6.04 Å². The van der Waals surface area contributed by atoms with E-state index in [1.54, 1.807) is 18.8 Å². The van der Waals surface area contributed by atoms with Crippen LogP contribution >= 0.6 is 11.3 Å². The molecule has 0 amide bonds. The third-order valence-electron chi connectivity index (χ3n) is 2.21. The van der Waals surface area contributed by atoms with Crippen LogP contribution in [0.3, 0.4) is 0 Å². The fraction of sp³-hybridized carbons (Fsp3) is 0.200. The highest BCUT2D eigenvalue weighted by molar-refractivity contribution is 7.07. The Hall–Kier alpha value is -1.50. The Morgan fingerprint density at radius 3 is 3.00 bits per heavy atom. The number of hydrazine groups is 1. The molecule has 0 aliphatic heterocycles. The summed E-state index contributed by atoms with van der Waals surface area (Å²) in [6.45, 7) is 0. The van der Waals surface area contributed by atoms with Crippen LogP contribution in [0.4, 0.5) is 0 Å². The minimum absolute atomic E-state index is 0.248. The molecule has 0 fully saturated rings. The van der Waals surface area contributed by atoms with Crippen LogP contribution in [0, 0.1) is 0 Å². The highest BCUT2D eigenvalue weighted by Gasteiger charge is 2.19. The number of ether oxygens (including phenoxy) is 1. The zero-order valence-electron chi connectivity index (χ0n) is 8.75. The molecule has 0 aliphatic carbocycles. The van der Waals surface area contributed by atoms with Crippen molar-refractivity contribution in [1.29, 1.82) is 0 Å². The molecule has 6 heteroatoms. The highest BCUT2D eigenvalue weighted by atomic mass is 32.1. The SMILES string of the molecule is COc1cccnc1C(NN)c1cscn1. The average molecular weight is 236 g/mol. The second-order valence-corrected chi connectivity index (χ2v) is 3.82. The van der Waals surface area contributed by atoms with Crippen molar-refractivity contribution in [3.63, 3.8) is 0 Å². The lowest BCUT2D eigenvalue weighted by Crippen LogP contribution is -2.30. The molecule has 2 aromatic rings. The van der Waals surface area contributed by atoms with E-state index in [1.807, 2.05) is 17.5 Å². The van der Waals surface area contributed by atoms with Crippen LogP contribution in [-0.2, 0) is 0 Å². The van der Waals surface area contributed by atoms with Crippen molar-refractivity contribution in [3.8, 4) is 5.75 Å².